The topological polar surface area (TPSA) is 90.6 Å². The van der Waals surface area contributed by atoms with Crippen LogP contribution in [0.4, 0.5) is 10.1 Å². The van der Waals surface area contributed by atoms with Gasteiger partial charge in [-0.25, -0.2) is 9.37 Å². The van der Waals surface area contributed by atoms with Crippen LogP contribution in [0.25, 0.3) is 27.0 Å². The second-order valence-corrected chi connectivity index (χ2v) is 9.25. The van der Waals surface area contributed by atoms with E-state index in [9.17, 15) is 9.18 Å². The standard InChI is InChI=1S/C23H16FN5O3S2/c24-14-3-1-13(2-4-14)16-10-33-22-20(16)21-27-28-23(29(21)12-25-22)34-11-19(30)26-15-5-6-17-18(9-15)32-8-7-31-17/h1-6,9-10,12H,7-8,11H2,(H,26,30). The van der Waals surface area contributed by atoms with E-state index in [2.05, 4.69) is 20.5 Å². The smallest absolute Gasteiger partial charge is 0.234 e. The minimum absolute atomic E-state index is 0.141. The number of fused-ring (bicyclic) bond motifs is 4. The number of thiophene rings is 1. The molecule has 11 heteroatoms. The Morgan fingerprint density at radius 1 is 1.12 bits per heavy atom. The van der Waals surface area contributed by atoms with Crippen LogP contribution in [0.5, 0.6) is 11.5 Å². The second kappa shape index (κ2) is 8.58. The molecule has 4 heterocycles. The largest absolute Gasteiger partial charge is 0.486 e. The number of rotatable bonds is 5. The number of thioether (sulfide) groups is 1. The first kappa shape index (κ1) is 20.9. The Hall–Kier alpha value is -3.70. The molecule has 0 radical (unpaired) electrons. The van der Waals surface area contributed by atoms with E-state index in [1.165, 1.54) is 35.2 Å². The third-order valence-corrected chi connectivity index (χ3v) is 7.09. The van der Waals surface area contributed by atoms with Gasteiger partial charge in [-0.05, 0) is 29.8 Å². The number of hydrogen-bond donors (Lipinski definition) is 1. The molecule has 8 nitrogen and oxygen atoms in total. The van der Waals surface area contributed by atoms with Gasteiger partial charge in [0.1, 0.15) is 30.2 Å². The van der Waals surface area contributed by atoms with Crippen LogP contribution in [-0.4, -0.2) is 44.5 Å². The van der Waals surface area contributed by atoms with Crippen LogP contribution in [0.3, 0.4) is 0 Å². The molecule has 0 aliphatic carbocycles. The van der Waals surface area contributed by atoms with Crippen molar-refractivity contribution in [1.82, 2.24) is 19.6 Å². The van der Waals surface area contributed by atoms with Crippen LogP contribution in [0.15, 0.2) is 59.3 Å². The maximum atomic E-state index is 13.4. The van der Waals surface area contributed by atoms with E-state index in [-0.39, 0.29) is 17.5 Å². The first-order valence-electron chi connectivity index (χ1n) is 10.3. The minimum Gasteiger partial charge on any atom is -0.486 e. The summed E-state index contributed by atoms with van der Waals surface area (Å²) in [6, 6.07) is 11.6. The molecule has 170 valence electrons. The number of ether oxygens (including phenoxy) is 2. The highest BCUT2D eigenvalue weighted by molar-refractivity contribution is 7.99. The fraction of sp³-hybridized carbons (Fsp3) is 0.130. The number of benzene rings is 2. The molecule has 3 aromatic heterocycles. The molecule has 0 saturated carbocycles. The van der Waals surface area contributed by atoms with Crippen molar-refractivity contribution in [1.29, 1.82) is 0 Å². The van der Waals surface area contributed by atoms with Crippen LogP contribution in [-0.2, 0) is 4.79 Å². The number of nitrogens with zero attached hydrogens (tertiary/aromatic N) is 4. The summed E-state index contributed by atoms with van der Waals surface area (Å²) in [7, 11) is 0. The highest BCUT2D eigenvalue weighted by atomic mass is 32.2. The predicted molar refractivity (Wildman–Crippen MR) is 128 cm³/mol. The number of aromatic nitrogens is 4. The van der Waals surface area contributed by atoms with Gasteiger partial charge in [-0.2, -0.15) is 0 Å². The number of carbonyl (C=O) groups excluding carboxylic acids is 1. The van der Waals surface area contributed by atoms with Crippen molar-refractivity contribution < 1.29 is 18.7 Å². The zero-order valence-electron chi connectivity index (χ0n) is 17.5. The Bertz CT molecular complexity index is 1530. The average molecular weight is 494 g/mol. The molecule has 34 heavy (non-hydrogen) atoms. The van der Waals surface area contributed by atoms with E-state index in [4.69, 9.17) is 9.47 Å². The summed E-state index contributed by atoms with van der Waals surface area (Å²) in [5, 5.41) is 14.9. The Balaban J connectivity index is 1.22. The molecule has 0 bridgehead atoms. The van der Waals surface area contributed by atoms with Gasteiger partial charge in [-0.3, -0.25) is 9.20 Å². The van der Waals surface area contributed by atoms with Crippen molar-refractivity contribution in [3.63, 3.8) is 0 Å². The van der Waals surface area contributed by atoms with E-state index in [1.807, 2.05) is 5.38 Å². The highest BCUT2D eigenvalue weighted by Gasteiger charge is 2.18. The van der Waals surface area contributed by atoms with Crippen molar-refractivity contribution in [3.05, 3.63) is 60.0 Å². The van der Waals surface area contributed by atoms with Crippen LogP contribution >= 0.6 is 23.1 Å². The lowest BCUT2D eigenvalue weighted by atomic mass is 10.1. The fourth-order valence-corrected chi connectivity index (χ4v) is 5.32. The van der Waals surface area contributed by atoms with Gasteiger partial charge in [-0.1, -0.05) is 23.9 Å². The average Bonchev–Trinajstić information content (AvgIpc) is 3.47. The van der Waals surface area contributed by atoms with Gasteiger partial charge >= 0.3 is 0 Å². The molecule has 1 aliphatic heterocycles. The van der Waals surface area contributed by atoms with Crippen LogP contribution in [0, 0.1) is 5.82 Å². The number of amides is 1. The van der Waals surface area contributed by atoms with E-state index in [0.29, 0.717) is 41.2 Å². The maximum absolute atomic E-state index is 13.4. The van der Waals surface area contributed by atoms with E-state index >= 15 is 0 Å². The molecule has 1 amide bonds. The molecule has 1 aliphatic rings. The maximum Gasteiger partial charge on any atom is 0.234 e. The zero-order chi connectivity index (χ0) is 23.1. The van der Waals surface area contributed by atoms with Crippen molar-refractivity contribution in [2.45, 2.75) is 5.16 Å². The van der Waals surface area contributed by atoms with Crippen LogP contribution in [0.2, 0.25) is 0 Å². The summed E-state index contributed by atoms with van der Waals surface area (Å²) in [6.07, 6.45) is 1.66. The number of nitrogens with one attached hydrogen (secondary N) is 1. The summed E-state index contributed by atoms with van der Waals surface area (Å²) in [5.74, 6) is 0.947. The number of halogens is 1. The highest BCUT2D eigenvalue weighted by Crippen LogP contribution is 2.36. The van der Waals surface area contributed by atoms with Crippen LogP contribution in [0.1, 0.15) is 0 Å². The summed E-state index contributed by atoms with van der Waals surface area (Å²) in [5.41, 5.74) is 3.06. The van der Waals surface area contributed by atoms with Gasteiger partial charge in [0.25, 0.3) is 0 Å². The summed E-state index contributed by atoms with van der Waals surface area (Å²) in [4.78, 5) is 17.9. The van der Waals surface area contributed by atoms with Gasteiger partial charge in [0.2, 0.25) is 5.91 Å². The normalized spacial score (nSPS) is 12.9. The minimum atomic E-state index is -0.290. The number of anilines is 1. The first-order chi connectivity index (χ1) is 16.7. The van der Waals surface area contributed by atoms with E-state index in [0.717, 1.165) is 21.3 Å². The molecule has 0 spiro atoms. The molecular formula is C23H16FN5O3S2. The third-order valence-electron chi connectivity index (χ3n) is 5.26. The quantitative estimate of drug-likeness (QED) is 0.357. The molecule has 1 N–H and O–H groups in total. The van der Waals surface area contributed by atoms with Gasteiger partial charge in [0.05, 0.1) is 11.1 Å². The van der Waals surface area contributed by atoms with Gasteiger partial charge < -0.3 is 14.8 Å². The Morgan fingerprint density at radius 3 is 2.79 bits per heavy atom. The molecule has 6 rings (SSSR count). The van der Waals surface area contributed by atoms with E-state index < -0.39 is 0 Å². The van der Waals surface area contributed by atoms with Crippen molar-refractivity contribution in [3.8, 4) is 22.6 Å². The van der Waals surface area contributed by atoms with E-state index in [1.54, 1.807) is 41.1 Å². The predicted octanol–water partition coefficient (Wildman–Crippen LogP) is 4.65. The lowest BCUT2D eigenvalue weighted by Gasteiger charge is -2.18. The summed E-state index contributed by atoms with van der Waals surface area (Å²) < 4.78 is 26.2. The van der Waals surface area contributed by atoms with Gasteiger partial charge in [0.15, 0.2) is 22.3 Å². The molecule has 5 aromatic rings. The molecule has 0 atom stereocenters. The molecule has 2 aromatic carbocycles. The van der Waals surface area contributed by atoms with Crippen molar-refractivity contribution >= 4 is 50.6 Å². The molecular weight excluding hydrogens is 477 g/mol. The summed E-state index contributed by atoms with van der Waals surface area (Å²) >= 11 is 2.75. The van der Waals surface area contributed by atoms with Gasteiger partial charge in [-0.15, -0.1) is 21.5 Å². The molecule has 0 saturated heterocycles. The monoisotopic (exact) mass is 493 g/mol. The van der Waals surface area contributed by atoms with Crippen molar-refractivity contribution in [2.24, 2.45) is 0 Å². The lowest BCUT2D eigenvalue weighted by Crippen LogP contribution is -2.17. The number of carbonyl (C=O) groups is 1. The molecule has 0 fully saturated rings. The third kappa shape index (κ3) is 3.82. The fourth-order valence-electron chi connectivity index (χ4n) is 3.71. The Labute approximate surface area is 200 Å². The van der Waals surface area contributed by atoms with Gasteiger partial charge in [0, 0.05) is 22.7 Å². The first-order valence-corrected chi connectivity index (χ1v) is 12.2. The lowest BCUT2D eigenvalue weighted by molar-refractivity contribution is -0.113. The van der Waals surface area contributed by atoms with Crippen molar-refractivity contribution in [2.75, 3.05) is 24.3 Å². The molecule has 0 unspecified atom stereocenters. The second-order valence-electron chi connectivity index (χ2n) is 7.45. The SMILES string of the molecule is O=C(CSc1nnc2c3c(-c4ccc(F)cc4)csc3ncn12)Nc1ccc2c(c1)OCCO2. The Kier molecular flexibility index (Phi) is 5.27. The summed E-state index contributed by atoms with van der Waals surface area (Å²) in [6.45, 7) is 0.994. The Morgan fingerprint density at radius 2 is 1.94 bits per heavy atom. The number of hydrogen-bond acceptors (Lipinski definition) is 8. The zero-order valence-corrected chi connectivity index (χ0v) is 19.2. The van der Waals surface area contributed by atoms with Crippen LogP contribution < -0.4 is 14.8 Å².